The zero-order chi connectivity index (χ0) is 12.4. The first-order valence-electron chi connectivity index (χ1n) is 4.91. The lowest BCUT2D eigenvalue weighted by molar-refractivity contribution is -0.143. The summed E-state index contributed by atoms with van der Waals surface area (Å²) in [5, 5.41) is 4.86. The SMILES string of the molecule is CCOC(=O)Cn1nc(I)c2c(N)ncnc21. The number of fused-ring (bicyclic) bond motifs is 1. The van der Waals surface area contributed by atoms with Gasteiger partial charge in [0.15, 0.2) is 5.65 Å². The van der Waals surface area contributed by atoms with Crippen LogP contribution in [0.2, 0.25) is 0 Å². The standard InChI is InChI=1S/C9H10IN5O2/c1-2-17-5(16)3-15-9-6(7(10)14-15)8(11)12-4-13-9/h4H,2-3H2,1H3,(H2,11,12,13). The van der Waals surface area contributed by atoms with Crippen LogP contribution in [0.1, 0.15) is 6.92 Å². The Kier molecular flexibility index (Phi) is 3.41. The van der Waals surface area contributed by atoms with Crippen LogP contribution in [-0.2, 0) is 16.1 Å². The molecule has 2 aromatic rings. The number of aromatic nitrogens is 4. The van der Waals surface area contributed by atoms with Crippen molar-refractivity contribution >= 4 is 45.4 Å². The van der Waals surface area contributed by atoms with Crippen LogP contribution in [-0.4, -0.2) is 32.3 Å². The zero-order valence-electron chi connectivity index (χ0n) is 9.05. The predicted molar refractivity (Wildman–Crippen MR) is 69.1 cm³/mol. The fraction of sp³-hybridized carbons (Fsp3) is 0.333. The molecule has 0 unspecified atom stereocenters. The van der Waals surface area contributed by atoms with Crippen LogP contribution in [0, 0.1) is 3.70 Å². The van der Waals surface area contributed by atoms with Gasteiger partial charge in [0.2, 0.25) is 0 Å². The van der Waals surface area contributed by atoms with E-state index in [1.807, 2.05) is 22.6 Å². The number of nitrogen functional groups attached to an aromatic ring is 1. The van der Waals surface area contributed by atoms with Crippen molar-refractivity contribution in [1.29, 1.82) is 0 Å². The number of nitrogens with two attached hydrogens (primary N) is 1. The fourth-order valence-corrected chi connectivity index (χ4v) is 2.20. The van der Waals surface area contributed by atoms with Crippen LogP contribution in [0.15, 0.2) is 6.33 Å². The average molecular weight is 347 g/mol. The number of halogens is 1. The molecule has 7 nitrogen and oxygen atoms in total. The molecule has 2 N–H and O–H groups in total. The minimum Gasteiger partial charge on any atom is -0.465 e. The minimum absolute atomic E-state index is 0.0177. The van der Waals surface area contributed by atoms with Crippen molar-refractivity contribution in [2.75, 3.05) is 12.3 Å². The van der Waals surface area contributed by atoms with Gasteiger partial charge in [0.1, 0.15) is 22.4 Å². The highest BCUT2D eigenvalue weighted by molar-refractivity contribution is 14.1. The summed E-state index contributed by atoms with van der Waals surface area (Å²) in [6.07, 6.45) is 1.34. The minimum atomic E-state index is -0.356. The molecule has 0 spiro atoms. The van der Waals surface area contributed by atoms with Gasteiger partial charge < -0.3 is 10.5 Å². The summed E-state index contributed by atoms with van der Waals surface area (Å²) in [5.74, 6) is -0.00000690. The number of hydrogen-bond acceptors (Lipinski definition) is 6. The maximum Gasteiger partial charge on any atom is 0.327 e. The summed E-state index contributed by atoms with van der Waals surface area (Å²) in [5.41, 5.74) is 6.27. The second-order valence-corrected chi connectivity index (χ2v) is 4.23. The Balaban J connectivity index is 2.42. The van der Waals surface area contributed by atoms with E-state index in [0.29, 0.717) is 27.2 Å². The summed E-state index contributed by atoms with van der Waals surface area (Å²) in [6, 6.07) is 0. The van der Waals surface area contributed by atoms with Crippen molar-refractivity contribution in [3.8, 4) is 0 Å². The summed E-state index contributed by atoms with van der Waals surface area (Å²) < 4.78 is 6.99. The van der Waals surface area contributed by atoms with E-state index in [9.17, 15) is 4.79 Å². The smallest absolute Gasteiger partial charge is 0.327 e. The number of ether oxygens (including phenoxy) is 1. The molecule has 2 heterocycles. The molecule has 0 bridgehead atoms. The van der Waals surface area contributed by atoms with Crippen LogP contribution in [0.3, 0.4) is 0 Å². The molecular weight excluding hydrogens is 337 g/mol. The van der Waals surface area contributed by atoms with Gasteiger partial charge in [-0.1, -0.05) is 0 Å². The number of esters is 1. The molecule has 0 radical (unpaired) electrons. The van der Waals surface area contributed by atoms with Gasteiger partial charge in [-0.25, -0.2) is 14.6 Å². The molecule has 0 saturated heterocycles. The fourth-order valence-electron chi connectivity index (χ4n) is 1.43. The summed E-state index contributed by atoms with van der Waals surface area (Å²) >= 11 is 2.03. The first-order chi connectivity index (χ1) is 8.13. The van der Waals surface area contributed by atoms with E-state index in [4.69, 9.17) is 10.5 Å². The Morgan fingerprint density at radius 3 is 3.06 bits per heavy atom. The molecule has 17 heavy (non-hydrogen) atoms. The van der Waals surface area contributed by atoms with Crippen molar-refractivity contribution in [2.24, 2.45) is 0 Å². The lowest BCUT2D eigenvalue weighted by Gasteiger charge is -2.02. The van der Waals surface area contributed by atoms with Crippen LogP contribution in [0.5, 0.6) is 0 Å². The Bertz CT molecular complexity index is 568. The van der Waals surface area contributed by atoms with Gasteiger partial charge in [0, 0.05) is 0 Å². The molecule has 0 aliphatic rings. The molecule has 0 aliphatic carbocycles. The van der Waals surface area contributed by atoms with E-state index >= 15 is 0 Å². The highest BCUT2D eigenvalue weighted by Crippen LogP contribution is 2.22. The van der Waals surface area contributed by atoms with Crippen molar-refractivity contribution in [3.05, 3.63) is 10.0 Å². The third-order valence-corrected chi connectivity index (χ3v) is 2.86. The van der Waals surface area contributed by atoms with Gasteiger partial charge in [-0.05, 0) is 29.5 Å². The molecule has 2 rings (SSSR count). The lowest BCUT2D eigenvalue weighted by Crippen LogP contribution is -2.14. The van der Waals surface area contributed by atoms with Gasteiger partial charge in [0.25, 0.3) is 0 Å². The van der Waals surface area contributed by atoms with Crippen LogP contribution in [0.4, 0.5) is 5.82 Å². The number of carbonyl (C=O) groups is 1. The third-order valence-electron chi connectivity index (χ3n) is 2.10. The zero-order valence-corrected chi connectivity index (χ0v) is 11.2. The van der Waals surface area contributed by atoms with Crippen molar-refractivity contribution in [2.45, 2.75) is 13.5 Å². The van der Waals surface area contributed by atoms with Gasteiger partial charge in [-0.2, -0.15) is 5.10 Å². The normalized spacial score (nSPS) is 10.7. The van der Waals surface area contributed by atoms with Crippen molar-refractivity contribution < 1.29 is 9.53 Å². The van der Waals surface area contributed by atoms with E-state index in [1.165, 1.54) is 11.0 Å². The molecule has 8 heteroatoms. The molecule has 0 atom stereocenters. The Labute approximate surface area is 110 Å². The van der Waals surface area contributed by atoms with Crippen LogP contribution >= 0.6 is 22.6 Å². The van der Waals surface area contributed by atoms with E-state index in [2.05, 4.69) is 15.1 Å². The number of anilines is 1. The highest BCUT2D eigenvalue weighted by atomic mass is 127. The molecule has 2 aromatic heterocycles. The quantitative estimate of drug-likeness (QED) is 0.645. The van der Waals surface area contributed by atoms with E-state index in [-0.39, 0.29) is 12.5 Å². The molecule has 90 valence electrons. The van der Waals surface area contributed by atoms with Gasteiger partial charge >= 0.3 is 5.97 Å². The first kappa shape index (κ1) is 12.0. The largest absolute Gasteiger partial charge is 0.465 e. The Hall–Kier alpha value is -1.45. The number of carbonyl (C=O) groups excluding carboxylic acids is 1. The average Bonchev–Trinajstić information content (AvgIpc) is 2.57. The first-order valence-corrected chi connectivity index (χ1v) is 5.99. The highest BCUT2D eigenvalue weighted by Gasteiger charge is 2.15. The van der Waals surface area contributed by atoms with E-state index < -0.39 is 0 Å². The number of rotatable bonds is 3. The molecule has 0 amide bonds. The summed E-state index contributed by atoms with van der Waals surface area (Å²) in [7, 11) is 0. The summed E-state index contributed by atoms with van der Waals surface area (Å²) in [4.78, 5) is 19.4. The van der Waals surface area contributed by atoms with E-state index in [0.717, 1.165) is 0 Å². The van der Waals surface area contributed by atoms with Crippen molar-refractivity contribution in [1.82, 2.24) is 19.7 Å². The predicted octanol–water partition coefficient (Wildman–Crippen LogP) is 0.576. The number of nitrogens with zero attached hydrogens (tertiary/aromatic N) is 4. The van der Waals surface area contributed by atoms with Crippen molar-refractivity contribution in [3.63, 3.8) is 0 Å². The molecule has 0 aromatic carbocycles. The molecule has 0 fully saturated rings. The second kappa shape index (κ2) is 4.82. The molecule has 0 aliphatic heterocycles. The van der Waals surface area contributed by atoms with E-state index in [1.54, 1.807) is 6.92 Å². The van der Waals surface area contributed by atoms with Gasteiger partial charge in [-0.3, -0.25) is 4.79 Å². The second-order valence-electron chi connectivity index (χ2n) is 3.21. The summed E-state index contributed by atoms with van der Waals surface area (Å²) in [6.45, 7) is 2.11. The molecule has 0 saturated carbocycles. The Morgan fingerprint density at radius 1 is 1.59 bits per heavy atom. The van der Waals surface area contributed by atoms with Crippen LogP contribution in [0.25, 0.3) is 11.0 Å². The monoisotopic (exact) mass is 347 g/mol. The van der Waals surface area contributed by atoms with Gasteiger partial charge in [-0.15, -0.1) is 0 Å². The van der Waals surface area contributed by atoms with Crippen LogP contribution < -0.4 is 5.73 Å². The lowest BCUT2D eigenvalue weighted by atomic mass is 10.4. The Morgan fingerprint density at radius 2 is 2.35 bits per heavy atom. The maximum absolute atomic E-state index is 11.4. The van der Waals surface area contributed by atoms with Gasteiger partial charge in [0.05, 0.1) is 12.0 Å². The molecular formula is C9H10IN5O2. The third kappa shape index (κ3) is 2.30. The maximum atomic E-state index is 11.4. The topological polar surface area (TPSA) is 95.9 Å². The number of hydrogen-bond donors (Lipinski definition) is 1.